The molecule has 1 aromatic rings. The van der Waals surface area contributed by atoms with Gasteiger partial charge in [0.25, 0.3) is 5.91 Å². The maximum atomic E-state index is 12.9. The number of anilines is 1. The highest BCUT2D eigenvalue weighted by Crippen LogP contribution is 2.40. The number of aryl methyl sites for hydroxylation is 2. The van der Waals surface area contributed by atoms with Crippen molar-refractivity contribution in [1.29, 1.82) is 0 Å². The fourth-order valence-electron chi connectivity index (χ4n) is 3.54. The van der Waals surface area contributed by atoms with Crippen LogP contribution < -0.4 is 10.2 Å². The molecule has 4 heteroatoms. The lowest BCUT2D eigenvalue weighted by atomic mass is 9.99. The van der Waals surface area contributed by atoms with E-state index < -0.39 is 6.04 Å². The van der Waals surface area contributed by atoms with Gasteiger partial charge in [-0.25, -0.2) is 0 Å². The average molecular weight is 330 g/mol. The van der Waals surface area contributed by atoms with Gasteiger partial charge < -0.3 is 10.2 Å². The van der Waals surface area contributed by atoms with Crippen molar-refractivity contribution in [2.75, 3.05) is 11.4 Å². The number of carbonyl (C=O) groups is 2. The normalized spacial score (nSPS) is 16.4. The molecule has 0 aromatic heterocycles. The minimum Gasteiger partial charge on any atom is -0.341 e. The number of nitrogens with one attached hydrogen (secondary N) is 1. The number of hydrogen-bond donors (Lipinski definition) is 1. The molecule has 0 bridgehead atoms. The summed E-state index contributed by atoms with van der Waals surface area (Å²) >= 11 is 0. The van der Waals surface area contributed by atoms with Crippen LogP contribution in [0.2, 0.25) is 0 Å². The molecule has 132 valence electrons. The van der Waals surface area contributed by atoms with Crippen LogP contribution in [0.3, 0.4) is 0 Å². The van der Waals surface area contributed by atoms with Gasteiger partial charge in [-0.3, -0.25) is 9.59 Å². The second-order valence-corrected chi connectivity index (χ2v) is 6.85. The molecular formula is C20H30N2O2. The molecule has 1 unspecified atom stereocenters. The predicted molar refractivity (Wildman–Crippen MR) is 98.2 cm³/mol. The summed E-state index contributed by atoms with van der Waals surface area (Å²) in [6.07, 6.45) is 7.19. The fraction of sp³-hybridized carbons (Fsp3) is 0.600. The molecule has 1 aliphatic heterocycles. The van der Waals surface area contributed by atoms with Crippen molar-refractivity contribution in [3.63, 3.8) is 0 Å². The average Bonchev–Trinajstić information content (AvgIpc) is 2.80. The number of unbranched alkanes of at least 4 members (excludes halogenated alkanes) is 5. The molecule has 1 aliphatic rings. The summed E-state index contributed by atoms with van der Waals surface area (Å²) in [4.78, 5) is 26.3. The van der Waals surface area contributed by atoms with Crippen LogP contribution in [0.4, 0.5) is 5.69 Å². The van der Waals surface area contributed by atoms with E-state index in [0.29, 0.717) is 0 Å². The second-order valence-electron chi connectivity index (χ2n) is 6.85. The molecular weight excluding hydrogens is 300 g/mol. The molecule has 2 amide bonds. The Bertz CT molecular complexity index is 610. The van der Waals surface area contributed by atoms with E-state index in [1.54, 1.807) is 0 Å². The highest BCUT2D eigenvalue weighted by molar-refractivity contribution is 6.07. The monoisotopic (exact) mass is 330 g/mol. The van der Waals surface area contributed by atoms with Gasteiger partial charge in [-0.1, -0.05) is 51.2 Å². The first-order valence-corrected chi connectivity index (χ1v) is 9.16. The highest BCUT2D eigenvalue weighted by Gasteiger charge is 2.39. The Hall–Kier alpha value is -1.84. The van der Waals surface area contributed by atoms with Gasteiger partial charge in [0.05, 0.1) is 5.69 Å². The third-order valence-corrected chi connectivity index (χ3v) is 4.79. The molecule has 2 rings (SSSR count). The maximum Gasteiger partial charge on any atom is 0.254 e. The van der Waals surface area contributed by atoms with Crippen molar-refractivity contribution < 1.29 is 9.59 Å². The molecule has 1 atom stereocenters. The summed E-state index contributed by atoms with van der Waals surface area (Å²) in [5, 5.41) is 2.83. The number of rotatable bonds is 8. The van der Waals surface area contributed by atoms with E-state index in [9.17, 15) is 9.59 Å². The first kappa shape index (κ1) is 18.5. The minimum absolute atomic E-state index is 0.00570. The Morgan fingerprint density at radius 1 is 1.08 bits per heavy atom. The molecule has 1 N–H and O–H groups in total. The number of nitrogens with zero attached hydrogens (tertiary/aromatic N) is 1. The Labute approximate surface area is 145 Å². The van der Waals surface area contributed by atoms with Gasteiger partial charge >= 0.3 is 0 Å². The number of benzene rings is 1. The SMILES string of the molecule is CCCCCCCCN1C(=O)C(NC(C)=O)c2c(C)ccc(C)c21. The topological polar surface area (TPSA) is 49.4 Å². The molecule has 0 radical (unpaired) electrons. The lowest BCUT2D eigenvalue weighted by Gasteiger charge is -2.19. The zero-order valence-corrected chi connectivity index (χ0v) is 15.4. The first-order chi connectivity index (χ1) is 11.5. The lowest BCUT2D eigenvalue weighted by molar-refractivity contribution is -0.126. The maximum absolute atomic E-state index is 12.9. The molecule has 1 heterocycles. The molecule has 0 saturated carbocycles. The quantitative estimate of drug-likeness (QED) is 0.727. The van der Waals surface area contributed by atoms with Crippen LogP contribution >= 0.6 is 0 Å². The van der Waals surface area contributed by atoms with Gasteiger partial charge in [0.2, 0.25) is 5.91 Å². The molecule has 4 nitrogen and oxygen atoms in total. The van der Waals surface area contributed by atoms with Crippen molar-refractivity contribution >= 4 is 17.5 Å². The summed E-state index contributed by atoms with van der Waals surface area (Å²) in [6.45, 7) is 8.46. The summed E-state index contributed by atoms with van der Waals surface area (Å²) < 4.78 is 0. The van der Waals surface area contributed by atoms with Crippen LogP contribution in [0.15, 0.2) is 12.1 Å². The van der Waals surface area contributed by atoms with Gasteiger partial charge in [0.1, 0.15) is 6.04 Å². The van der Waals surface area contributed by atoms with Gasteiger partial charge in [-0.2, -0.15) is 0 Å². The van der Waals surface area contributed by atoms with Crippen LogP contribution in [0.5, 0.6) is 0 Å². The van der Waals surface area contributed by atoms with Gasteiger partial charge in [0, 0.05) is 19.0 Å². The smallest absolute Gasteiger partial charge is 0.254 e. The fourth-order valence-corrected chi connectivity index (χ4v) is 3.54. The predicted octanol–water partition coefficient (Wildman–Crippen LogP) is 4.19. The van der Waals surface area contributed by atoms with Crippen molar-refractivity contribution in [1.82, 2.24) is 5.32 Å². The Kier molecular flexibility index (Phi) is 6.41. The summed E-state index contributed by atoms with van der Waals surface area (Å²) in [5.41, 5.74) is 4.14. The first-order valence-electron chi connectivity index (χ1n) is 9.16. The van der Waals surface area contributed by atoms with Crippen LogP contribution in [-0.4, -0.2) is 18.4 Å². The molecule has 0 saturated heterocycles. The number of hydrogen-bond acceptors (Lipinski definition) is 2. The van der Waals surface area contributed by atoms with E-state index in [2.05, 4.69) is 18.3 Å². The van der Waals surface area contributed by atoms with Gasteiger partial charge in [0.15, 0.2) is 0 Å². The zero-order chi connectivity index (χ0) is 17.7. The second kappa shape index (κ2) is 8.32. The van der Waals surface area contributed by atoms with E-state index in [-0.39, 0.29) is 11.8 Å². The van der Waals surface area contributed by atoms with E-state index in [1.807, 2.05) is 24.8 Å². The van der Waals surface area contributed by atoms with Crippen LogP contribution in [0.1, 0.15) is 75.1 Å². The molecule has 1 aromatic carbocycles. The largest absolute Gasteiger partial charge is 0.341 e. The summed E-state index contributed by atoms with van der Waals surface area (Å²) in [7, 11) is 0. The lowest BCUT2D eigenvalue weighted by Crippen LogP contribution is -2.37. The minimum atomic E-state index is -0.530. The zero-order valence-electron chi connectivity index (χ0n) is 15.4. The Balaban J connectivity index is 2.14. The molecule has 24 heavy (non-hydrogen) atoms. The third kappa shape index (κ3) is 3.97. The summed E-state index contributed by atoms with van der Waals surface area (Å²) in [5.74, 6) is -0.159. The van der Waals surface area contributed by atoms with E-state index in [1.165, 1.54) is 32.6 Å². The Morgan fingerprint density at radius 2 is 1.71 bits per heavy atom. The third-order valence-electron chi connectivity index (χ3n) is 4.79. The van der Waals surface area contributed by atoms with E-state index in [0.717, 1.165) is 41.8 Å². The summed E-state index contributed by atoms with van der Waals surface area (Å²) in [6, 6.07) is 3.56. The molecule has 0 spiro atoms. The van der Waals surface area contributed by atoms with Crippen LogP contribution in [0.25, 0.3) is 0 Å². The standard InChI is InChI=1S/C20H30N2O2/c1-5-6-7-8-9-10-13-22-19-15(3)12-11-14(2)17(19)18(20(22)24)21-16(4)23/h11-12,18H,5-10,13H2,1-4H3,(H,21,23). The highest BCUT2D eigenvalue weighted by atomic mass is 16.2. The number of amides is 2. The van der Waals surface area contributed by atoms with Crippen molar-refractivity contribution in [3.8, 4) is 0 Å². The van der Waals surface area contributed by atoms with Crippen molar-refractivity contribution in [2.45, 2.75) is 72.3 Å². The number of carbonyl (C=O) groups excluding carboxylic acids is 2. The number of fused-ring (bicyclic) bond motifs is 1. The molecule has 0 aliphatic carbocycles. The molecule has 0 fully saturated rings. The van der Waals surface area contributed by atoms with E-state index in [4.69, 9.17) is 0 Å². The van der Waals surface area contributed by atoms with Gasteiger partial charge in [-0.15, -0.1) is 0 Å². The Morgan fingerprint density at radius 3 is 2.38 bits per heavy atom. The van der Waals surface area contributed by atoms with Crippen LogP contribution in [-0.2, 0) is 9.59 Å². The van der Waals surface area contributed by atoms with Crippen LogP contribution in [0, 0.1) is 13.8 Å². The van der Waals surface area contributed by atoms with E-state index >= 15 is 0 Å². The van der Waals surface area contributed by atoms with Crippen molar-refractivity contribution in [2.24, 2.45) is 0 Å². The van der Waals surface area contributed by atoms with Gasteiger partial charge in [-0.05, 0) is 31.4 Å². The van der Waals surface area contributed by atoms with Crippen molar-refractivity contribution in [3.05, 3.63) is 28.8 Å².